The second-order valence-corrected chi connectivity index (χ2v) is 6.90. The van der Waals surface area contributed by atoms with E-state index in [1.165, 1.54) is 7.11 Å². The van der Waals surface area contributed by atoms with Gasteiger partial charge in [0.1, 0.15) is 0 Å². The van der Waals surface area contributed by atoms with Gasteiger partial charge in [-0.15, -0.1) is 0 Å². The van der Waals surface area contributed by atoms with Crippen LogP contribution >= 0.6 is 27.5 Å². The molecule has 2 aromatic rings. The van der Waals surface area contributed by atoms with E-state index in [0.29, 0.717) is 25.7 Å². The number of esters is 1. The highest BCUT2D eigenvalue weighted by Gasteiger charge is 2.13. The third-order valence-corrected chi connectivity index (χ3v) is 5.44. The minimum atomic E-state index is -1.25. The Labute approximate surface area is 138 Å². The topological polar surface area (TPSA) is 43.4 Å². The lowest BCUT2D eigenvalue weighted by Gasteiger charge is -2.08. The number of halogens is 2. The Kier molecular flexibility index (Phi) is 5.56. The van der Waals surface area contributed by atoms with Gasteiger partial charge in [-0.2, -0.15) is 0 Å². The first kappa shape index (κ1) is 16.2. The standard InChI is InChI=1S/C15H12BrClO3S/c1-20-15(18)10-6-7-11(12(16)8-10)9-21(19)14-5-3-2-4-13(14)17/h2-8H,9H2,1H3. The lowest BCUT2D eigenvalue weighted by atomic mass is 10.1. The average molecular weight is 388 g/mol. The molecule has 0 bridgehead atoms. The fraction of sp³-hybridized carbons (Fsp3) is 0.133. The maximum Gasteiger partial charge on any atom is 0.337 e. The van der Waals surface area contributed by atoms with Crippen LogP contribution in [0.1, 0.15) is 15.9 Å². The Morgan fingerprint density at radius 1 is 1.29 bits per heavy atom. The number of hydrogen-bond donors (Lipinski definition) is 0. The molecule has 3 nitrogen and oxygen atoms in total. The minimum Gasteiger partial charge on any atom is -0.465 e. The van der Waals surface area contributed by atoms with Crippen LogP contribution in [0.4, 0.5) is 0 Å². The van der Waals surface area contributed by atoms with Crippen LogP contribution in [0.3, 0.4) is 0 Å². The van der Waals surface area contributed by atoms with Crippen molar-refractivity contribution in [3.8, 4) is 0 Å². The van der Waals surface area contributed by atoms with E-state index in [4.69, 9.17) is 11.6 Å². The van der Waals surface area contributed by atoms with E-state index in [2.05, 4.69) is 20.7 Å². The van der Waals surface area contributed by atoms with Gasteiger partial charge in [-0.3, -0.25) is 4.21 Å². The van der Waals surface area contributed by atoms with Gasteiger partial charge in [-0.05, 0) is 29.8 Å². The fourth-order valence-electron chi connectivity index (χ4n) is 1.76. The molecule has 0 amide bonds. The summed E-state index contributed by atoms with van der Waals surface area (Å²) >= 11 is 9.43. The van der Waals surface area contributed by atoms with Crippen LogP contribution < -0.4 is 0 Å². The number of methoxy groups -OCH3 is 1. The molecule has 0 heterocycles. The van der Waals surface area contributed by atoms with Crippen LogP contribution in [-0.4, -0.2) is 17.3 Å². The molecule has 0 spiro atoms. The largest absolute Gasteiger partial charge is 0.465 e. The first-order valence-electron chi connectivity index (χ1n) is 6.02. The van der Waals surface area contributed by atoms with Crippen molar-refractivity contribution in [2.24, 2.45) is 0 Å². The number of ether oxygens (including phenoxy) is 1. The van der Waals surface area contributed by atoms with E-state index in [-0.39, 0.29) is 0 Å². The molecule has 2 rings (SSSR count). The van der Waals surface area contributed by atoms with Crippen molar-refractivity contribution in [2.45, 2.75) is 10.6 Å². The number of rotatable bonds is 4. The predicted octanol–water partition coefficient (Wildman–Crippen LogP) is 4.20. The van der Waals surface area contributed by atoms with Gasteiger partial charge in [-0.1, -0.05) is 45.7 Å². The fourth-order valence-corrected chi connectivity index (χ4v) is 4.06. The maximum absolute atomic E-state index is 12.4. The van der Waals surface area contributed by atoms with Gasteiger partial charge in [0.2, 0.25) is 0 Å². The SMILES string of the molecule is COC(=O)c1ccc(CS(=O)c2ccccc2Cl)c(Br)c1. The number of benzene rings is 2. The van der Waals surface area contributed by atoms with Gasteiger partial charge in [0, 0.05) is 4.47 Å². The molecule has 0 aliphatic rings. The zero-order valence-electron chi connectivity index (χ0n) is 11.1. The Bertz CT molecular complexity index is 703. The summed E-state index contributed by atoms with van der Waals surface area (Å²) in [7, 11) is 0.0765. The first-order chi connectivity index (χ1) is 10.0. The molecule has 0 aromatic heterocycles. The Morgan fingerprint density at radius 2 is 2.00 bits per heavy atom. The average Bonchev–Trinajstić information content (AvgIpc) is 2.48. The van der Waals surface area contributed by atoms with Crippen LogP contribution in [0, 0.1) is 0 Å². The number of carbonyl (C=O) groups is 1. The van der Waals surface area contributed by atoms with Gasteiger partial charge in [0.25, 0.3) is 0 Å². The number of hydrogen-bond acceptors (Lipinski definition) is 3. The molecule has 0 radical (unpaired) electrons. The molecule has 0 aliphatic carbocycles. The van der Waals surface area contributed by atoms with Crippen LogP contribution in [0.5, 0.6) is 0 Å². The lowest BCUT2D eigenvalue weighted by Crippen LogP contribution is -2.03. The van der Waals surface area contributed by atoms with Crippen molar-refractivity contribution in [1.29, 1.82) is 0 Å². The molecule has 6 heteroatoms. The zero-order valence-corrected chi connectivity index (χ0v) is 14.3. The molecule has 0 fully saturated rings. The molecule has 2 aromatic carbocycles. The van der Waals surface area contributed by atoms with E-state index in [1.54, 1.807) is 42.5 Å². The molecule has 0 saturated heterocycles. The van der Waals surface area contributed by atoms with Gasteiger partial charge in [0.05, 0.1) is 39.1 Å². The second-order valence-electron chi connectivity index (χ2n) is 4.22. The van der Waals surface area contributed by atoms with Crippen molar-refractivity contribution in [2.75, 3.05) is 7.11 Å². The molecule has 1 atom stereocenters. The van der Waals surface area contributed by atoms with Crippen molar-refractivity contribution in [3.63, 3.8) is 0 Å². The summed E-state index contributed by atoms with van der Waals surface area (Å²) in [5.74, 6) is -0.0966. The minimum absolute atomic E-state index is 0.311. The van der Waals surface area contributed by atoms with Crippen molar-refractivity contribution in [1.82, 2.24) is 0 Å². The summed E-state index contributed by atoms with van der Waals surface area (Å²) in [4.78, 5) is 12.0. The monoisotopic (exact) mass is 386 g/mol. The van der Waals surface area contributed by atoms with E-state index in [1.807, 2.05) is 0 Å². The third-order valence-electron chi connectivity index (χ3n) is 2.84. The predicted molar refractivity (Wildman–Crippen MR) is 87.0 cm³/mol. The summed E-state index contributed by atoms with van der Waals surface area (Å²) < 4.78 is 17.8. The molecular weight excluding hydrogens is 376 g/mol. The van der Waals surface area contributed by atoms with Crippen molar-refractivity contribution >= 4 is 44.3 Å². The normalized spacial score (nSPS) is 12.0. The summed E-state index contributed by atoms with van der Waals surface area (Å²) in [6.45, 7) is 0. The summed E-state index contributed by atoms with van der Waals surface area (Å²) in [6, 6.07) is 12.1. The van der Waals surface area contributed by atoms with E-state index < -0.39 is 16.8 Å². The van der Waals surface area contributed by atoms with E-state index >= 15 is 0 Å². The zero-order chi connectivity index (χ0) is 15.4. The molecular formula is C15H12BrClO3S. The van der Waals surface area contributed by atoms with Gasteiger partial charge >= 0.3 is 5.97 Å². The highest BCUT2D eigenvalue weighted by atomic mass is 79.9. The first-order valence-corrected chi connectivity index (χ1v) is 8.51. The van der Waals surface area contributed by atoms with Gasteiger partial charge in [0.15, 0.2) is 0 Å². The summed E-state index contributed by atoms with van der Waals surface area (Å²) in [6.07, 6.45) is 0. The van der Waals surface area contributed by atoms with Crippen LogP contribution in [0.2, 0.25) is 5.02 Å². The molecule has 0 saturated carbocycles. The molecule has 1 unspecified atom stereocenters. The Hall–Kier alpha value is -1.17. The quantitative estimate of drug-likeness (QED) is 0.739. The molecule has 0 N–H and O–H groups in total. The maximum atomic E-state index is 12.4. The van der Waals surface area contributed by atoms with Crippen LogP contribution in [-0.2, 0) is 21.3 Å². The lowest BCUT2D eigenvalue weighted by molar-refractivity contribution is 0.0600. The third kappa shape index (κ3) is 3.93. The second kappa shape index (κ2) is 7.20. The molecule has 110 valence electrons. The van der Waals surface area contributed by atoms with E-state index in [9.17, 15) is 9.00 Å². The molecule has 0 aliphatic heterocycles. The highest BCUT2D eigenvalue weighted by molar-refractivity contribution is 9.10. The Morgan fingerprint density at radius 3 is 2.62 bits per heavy atom. The van der Waals surface area contributed by atoms with Crippen molar-refractivity contribution in [3.05, 3.63) is 63.1 Å². The molecule has 21 heavy (non-hydrogen) atoms. The summed E-state index contributed by atoms with van der Waals surface area (Å²) in [5, 5.41) is 0.484. The van der Waals surface area contributed by atoms with Gasteiger partial charge in [-0.25, -0.2) is 4.79 Å². The van der Waals surface area contributed by atoms with Crippen LogP contribution in [0.15, 0.2) is 51.8 Å². The smallest absolute Gasteiger partial charge is 0.337 e. The number of carbonyl (C=O) groups excluding carboxylic acids is 1. The van der Waals surface area contributed by atoms with Crippen LogP contribution in [0.25, 0.3) is 0 Å². The van der Waals surface area contributed by atoms with Crippen molar-refractivity contribution < 1.29 is 13.7 Å². The van der Waals surface area contributed by atoms with Gasteiger partial charge < -0.3 is 4.74 Å². The summed E-state index contributed by atoms with van der Waals surface area (Å²) in [5.41, 5.74) is 1.28. The Balaban J connectivity index is 2.22. The highest BCUT2D eigenvalue weighted by Crippen LogP contribution is 2.25. The van der Waals surface area contributed by atoms with E-state index in [0.717, 1.165) is 5.56 Å².